The van der Waals surface area contributed by atoms with Crippen molar-refractivity contribution in [1.29, 1.82) is 0 Å². The van der Waals surface area contributed by atoms with Crippen LogP contribution in [0.4, 0.5) is 5.69 Å². The van der Waals surface area contributed by atoms with E-state index in [0.29, 0.717) is 30.0 Å². The SMILES string of the molecule is CCOC(=O)c1ccc(NC(=O)[C@H](CC)Oc2ccc3ccccc3c2)c(C)c1. The van der Waals surface area contributed by atoms with Gasteiger partial charge < -0.3 is 14.8 Å². The van der Waals surface area contributed by atoms with Crippen LogP contribution in [0.25, 0.3) is 10.8 Å². The Morgan fingerprint density at radius 3 is 2.41 bits per heavy atom. The summed E-state index contributed by atoms with van der Waals surface area (Å²) in [4.78, 5) is 24.6. The van der Waals surface area contributed by atoms with Crippen LogP contribution >= 0.6 is 0 Å². The topological polar surface area (TPSA) is 64.6 Å². The molecule has 5 nitrogen and oxygen atoms in total. The molecule has 0 fully saturated rings. The molecule has 29 heavy (non-hydrogen) atoms. The van der Waals surface area contributed by atoms with Gasteiger partial charge in [-0.05, 0) is 66.9 Å². The van der Waals surface area contributed by atoms with E-state index in [2.05, 4.69) is 5.32 Å². The van der Waals surface area contributed by atoms with E-state index in [0.717, 1.165) is 16.3 Å². The quantitative estimate of drug-likeness (QED) is 0.568. The molecular formula is C24H25NO4. The zero-order valence-corrected chi connectivity index (χ0v) is 16.9. The van der Waals surface area contributed by atoms with E-state index >= 15 is 0 Å². The summed E-state index contributed by atoms with van der Waals surface area (Å²) < 4.78 is 11.0. The second-order valence-corrected chi connectivity index (χ2v) is 6.76. The molecule has 0 bridgehead atoms. The first-order valence-corrected chi connectivity index (χ1v) is 9.76. The molecule has 0 unspecified atom stereocenters. The minimum Gasteiger partial charge on any atom is -0.481 e. The second-order valence-electron chi connectivity index (χ2n) is 6.76. The summed E-state index contributed by atoms with van der Waals surface area (Å²) >= 11 is 0. The zero-order chi connectivity index (χ0) is 20.8. The van der Waals surface area contributed by atoms with E-state index in [4.69, 9.17) is 9.47 Å². The van der Waals surface area contributed by atoms with Crippen molar-refractivity contribution >= 4 is 28.3 Å². The summed E-state index contributed by atoms with van der Waals surface area (Å²) in [7, 11) is 0. The van der Waals surface area contributed by atoms with Crippen molar-refractivity contribution in [3.8, 4) is 5.75 Å². The average Bonchev–Trinajstić information content (AvgIpc) is 2.73. The molecule has 1 N–H and O–H groups in total. The largest absolute Gasteiger partial charge is 0.481 e. The molecule has 0 saturated heterocycles. The molecule has 0 radical (unpaired) electrons. The summed E-state index contributed by atoms with van der Waals surface area (Å²) in [5.41, 5.74) is 1.88. The molecule has 0 aliphatic heterocycles. The van der Waals surface area contributed by atoms with Crippen LogP contribution in [0.1, 0.15) is 36.2 Å². The number of hydrogen-bond donors (Lipinski definition) is 1. The summed E-state index contributed by atoms with van der Waals surface area (Å²) in [6.07, 6.45) is -0.0983. The molecule has 3 rings (SSSR count). The van der Waals surface area contributed by atoms with Crippen LogP contribution in [-0.4, -0.2) is 24.6 Å². The monoisotopic (exact) mass is 391 g/mol. The van der Waals surface area contributed by atoms with Gasteiger partial charge in [-0.2, -0.15) is 0 Å². The van der Waals surface area contributed by atoms with Gasteiger partial charge >= 0.3 is 5.97 Å². The molecule has 0 heterocycles. The Kier molecular flexibility index (Phi) is 6.50. The fourth-order valence-corrected chi connectivity index (χ4v) is 3.09. The normalized spacial score (nSPS) is 11.7. The molecule has 3 aromatic rings. The number of carbonyl (C=O) groups is 2. The minimum absolute atomic E-state index is 0.229. The summed E-state index contributed by atoms with van der Waals surface area (Å²) in [6, 6.07) is 18.9. The van der Waals surface area contributed by atoms with Gasteiger partial charge in [-0.1, -0.05) is 37.3 Å². The zero-order valence-electron chi connectivity index (χ0n) is 16.9. The highest BCUT2D eigenvalue weighted by molar-refractivity contribution is 5.96. The van der Waals surface area contributed by atoms with Gasteiger partial charge in [-0.15, -0.1) is 0 Å². The summed E-state index contributed by atoms with van der Waals surface area (Å²) in [5, 5.41) is 5.08. The Bertz CT molecular complexity index is 1030. The lowest BCUT2D eigenvalue weighted by Crippen LogP contribution is -2.32. The number of hydrogen-bond acceptors (Lipinski definition) is 4. The van der Waals surface area contributed by atoms with E-state index in [1.54, 1.807) is 25.1 Å². The van der Waals surface area contributed by atoms with Gasteiger partial charge in [0.15, 0.2) is 6.10 Å². The van der Waals surface area contributed by atoms with Crippen molar-refractivity contribution in [1.82, 2.24) is 0 Å². The summed E-state index contributed by atoms with van der Waals surface area (Å²) in [6.45, 7) is 5.83. The van der Waals surface area contributed by atoms with Gasteiger partial charge in [0.2, 0.25) is 0 Å². The number of esters is 1. The molecule has 0 aromatic heterocycles. The highest BCUT2D eigenvalue weighted by Crippen LogP contribution is 2.23. The van der Waals surface area contributed by atoms with Crippen molar-refractivity contribution in [2.24, 2.45) is 0 Å². The number of anilines is 1. The van der Waals surface area contributed by atoms with Gasteiger partial charge in [0.25, 0.3) is 5.91 Å². The maximum Gasteiger partial charge on any atom is 0.338 e. The van der Waals surface area contributed by atoms with Gasteiger partial charge in [-0.25, -0.2) is 4.79 Å². The van der Waals surface area contributed by atoms with Crippen LogP contribution in [0.2, 0.25) is 0 Å². The van der Waals surface area contributed by atoms with Gasteiger partial charge in [0.1, 0.15) is 5.75 Å². The van der Waals surface area contributed by atoms with E-state index < -0.39 is 6.10 Å². The smallest absolute Gasteiger partial charge is 0.338 e. The van der Waals surface area contributed by atoms with Gasteiger partial charge in [-0.3, -0.25) is 4.79 Å². The van der Waals surface area contributed by atoms with E-state index in [-0.39, 0.29) is 11.9 Å². The van der Waals surface area contributed by atoms with Gasteiger partial charge in [0, 0.05) is 5.69 Å². The Morgan fingerprint density at radius 1 is 0.966 bits per heavy atom. The molecule has 0 spiro atoms. The predicted octanol–water partition coefficient (Wildman–Crippen LogP) is 5.12. The van der Waals surface area contributed by atoms with Crippen molar-refractivity contribution in [2.75, 3.05) is 11.9 Å². The van der Waals surface area contributed by atoms with Crippen LogP contribution in [0.5, 0.6) is 5.75 Å². The van der Waals surface area contributed by atoms with Crippen LogP contribution in [-0.2, 0) is 9.53 Å². The number of ether oxygens (including phenoxy) is 2. The Morgan fingerprint density at radius 2 is 1.72 bits per heavy atom. The van der Waals surface area contributed by atoms with Crippen molar-refractivity contribution in [2.45, 2.75) is 33.3 Å². The molecule has 3 aromatic carbocycles. The molecule has 0 saturated carbocycles. The molecule has 0 aliphatic rings. The Hall–Kier alpha value is -3.34. The highest BCUT2D eigenvalue weighted by Gasteiger charge is 2.20. The van der Waals surface area contributed by atoms with Crippen LogP contribution in [0.15, 0.2) is 60.7 Å². The van der Waals surface area contributed by atoms with Crippen molar-refractivity contribution in [3.63, 3.8) is 0 Å². The molecular weight excluding hydrogens is 366 g/mol. The maximum absolute atomic E-state index is 12.8. The number of carbonyl (C=O) groups excluding carboxylic acids is 2. The number of amides is 1. The fraction of sp³-hybridized carbons (Fsp3) is 0.250. The number of nitrogens with one attached hydrogen (secondary N) is 1. The first kappa shape index (κ1) is 20.4. The highest BCUT2D eigenvalue weighted by atomic mass is 16.5. The second kappa shape index (κ2) is 9.24. The first-order valence-electron chi connectivity index (χ1n) is 9.76. The van der Waals surface area contributed by atoms with Crippen LogP contribution < -0.4 is 10.1 Å². The van der Waals surface area contributed by atoms with Crippen LogP contribution in [0.3, 0.4) is 0 Å². The third-order valence-corrected chi connectivity index (χ3v) is 4.66. The van der Waals surface area contributed by atoms with Crippen molar-refractivity contribution < 1.29 is 19.1 Å². The first-order chi connectivity index (χ1) is 14.0. The van der Waals surface area contributed by atoms with E-state index in [1.165, 1.54) is 0 Å². The maximum atomic E-state index is 12.8. The molecule has 1 amide bonds. The molecule has 5 heteroatoms. The van der Waals surface area contributed by atoms with Crippen LogP contribution in [0, 0.1) is 6.92 Å². The number of benzene rings is 3. The Balaban J connectivity index is 1.71. The van der Waals surface area contributed by atoms with Gasteiger partial charge in [0.05, 0.1) is 12.2 Å². The average molecular weight is 391 g/mol. The lowest BCUT2D eigenvalue weighted by molar-refractivity contribution is -0.122. The summed E-state index contributed by atoms with van der Waals surface area (Å²) in [5.74, 6) is 0.0484. The minimum atomic E-state index is -0.625. The van der Waals surface area contributed by atoms with E-state index in [1.807, 2.05) is 56.3 Å². The lowest BCUT2D eigenvalue weighted by atomic mass is 10.1. The third-order valence-electron chi connectivity index (χ3n) is 4.66. The predicted molar refractivity (Wildman–Crippen MR) is 114 cm³/mol. The molecule has 1 atom stereocenters. The Labute approximate surface area is 170 Å². The number of aryl methyl sites for hydroxylation is 1. The lowest BCUT2D eigenvalue weighted by Gasteiger charge is -2.18. The third kappa shape index (κ3) is 4.93. The fourth-order valence-electron chi connectivity index (χ4n) is 3.09. The van der Waals surface area contributed by atoms with E-state index in [9.17, 15) is 9.59 Å². The molecule has 0 aliphatic carbocycles. The van der Waals surface area contributed by atoms with Crippen molar-refractivity contribution in [3.05, 3.63) is 71.8 Å². The number of rotatable bonds is 7. The standard InChI is InChI=1S/C24H25NO4/c1-4-22(29-20-12-10-17-8-6-7-9-18(17)15-20)23(26)25-21-13-11-19(14-16(21)3)24(27)28-5-2/h6-15,22H,4-5H2,1-3H3,(H,25,26)/t22-/m0/s1. The number of fused-ring (bicyclic) bond motifs is 1. The molecule has 150 valence electrons.